The summed E-state index contributed by atoms with van der Waals surface area (Å²) in [5.74, 6) is -0.653. The standard InChI is InChI=1S/C15H16O4/c1-3-11-4-6-12(7-5-11)14(17)19-15(2)9-8-13(16)18-10-15/h3-7H,1,8-10H2,2H3. The van der Waals surface area contributed by atoms with E-state index in [2.05, 4.69) is 6.58 Å². The van der Waals surface area contributed by atoms with Crippen molar-refractivity contribution in [2.75, 3.05) is 6.61 Å². The van der Waals surface area contributed by atoms with E-state index in [4.69, 9.17) is 9.47 Å². The molecule has 1 atom stereocenters. The van der Waals surface area contributed by atoms with Crippen LogP contribution in [0.5, 0.6) is 0 Å². The van der Waals surface area contributed by atoms with Gasteiger partial charge in [-0.15, -0.1) is 0 Å². The number of cyclic esters (lactones) is 1. The number of carbonyl (C=O) groups is 2. The molecule has 1 heterocycles. The summed E-state index contributed by atoms with van der Waals surface area (Å²) in [5, 5.41) is 0. The van der Waals surface area contributed by atoms with Crippen LogP contribution in [0.1, 0.15) is 35.7 Å². The minimum atomic E-state index is -0.734. The Hall–Kier alpha value is -2.10. The maximum atomic E-state index is 12.0. The second-order valence-electron chi connectivity index (χ2n) is 4.83. The molecule has 1 fully saturated rings. The molecule has 1 aliphatic rings. The highest BCUT2D eigenvalue weighted by molar-refractivity contribution is 5.90. The Balaban J connectivity index is 2.03. The lowest BCUT2D eigenvalue weighted by Gasteiger charge is -2.32. The predicted molar refractivity (Wildman–Crippen MR) is 70.5 cm³/mol. The van der Waals surface area contributed by atoms with Crippen LogP contribution in [-0.4, -0.2) is 24.1 Å². The topological polar surface area (TPSA) is 52.6 Å². The monoisotopic (exact) mass is 260 g/mol. The maximum Gasteiger partial charge on any atom is 0.338 e. The van der Waals surface area contributed by atoms with E-state index in [9.17, 15) is 9.59 Å². The normalized spacial score (nSPS) is 22.5. The molecule has 0 spiro atoms. The number of benzene rings is 1. The van der Waals surface area contributed by atoms with E-state index in [1.54, 1.807) is 37.3 Å². The van der Waals surface area contributed by atoms with E-state index in [1.807, 2.05) is 0 Å². The van der Waals surface area contributed by atoms with Gasteiger partial charge in [-0.05, 0) is 24.6 Å². The molecule has 0 saturated carbocycles. The average molecular weight is 260 g/mol. The van der Waals surface area contributed by atoms with Crippen molar-refractivity contribution in [3.63, 3.8) is 0 Å². The average Bonchev–Trinajstić information content (AvgIpc) is 2.42. The Bertz CT molecular complexity index is 491. The summed E-state index contributed by atoms with van der Waals surface area (Å²) in [6, 6.07) is 6.98. The highest BCUT2D eigenvalue weighted by atomic mass is 16.6. The maximum absolute atomic E-state index is 12.0. The molecule has 1 unspecified atom stereocenters. The molecule has 4 nitrogen and oxygen atoms in total. The van der Waals surface area contributed by atoms with E-state index in [0.717, 1.165) is 5.56 Å². The zero-order chi connectivity index (χ0) is 13.9. The number of carbonyl (C=O) groups excluding carboxylic acids is 2. The Kier molecular flexibility index (Phi) is 3.69. The summed E-state index contributed by atoms with van der Waals surface area (Å²) in [6.07, 6.45) is 2.47. The van der Waals surface area contributed by atoms with Crippen molar-refractivity contribution in [3.05, 3.63) is 42.0 Å². The molecule has 0 N–H and O–H groups in total. The number of hydrogen-bond donors (Lipinski definition) is 0. The summed E-state index contributed by atoms with van der Waals surface area (Å²) < 4.78 is 10.4. The van der Waals surface area contributed by atoms with Crippen molar-refractivity contribution in [3.8, 4) is 0 Å². The third-order valence-corrected chi connectivity index (χ3v) is 3.12. The number of hydrogen-bond acceptors (Lipinski definition) is 4. The predicted octanol–water partition coefficient (Wildman–Crippen LogP) is 2.58. The molecular formula is C15H16O4. The Morgan fingerprint density at radius 3 is 2.63 bits per heavy atom. The smallest absolute Gasteiger partial charge is 0.338 e. The van der Waals surface area contributed by atoms with Gasteiger partial charge in [0.15, 0.2) is 0 Å². The van der Waals surface area contributed by atoms with Gasteiger partial charge in [0.2, 0.25) is 0 Å². The summed E-state index contributed by atoms with van der Waals surface area (Å²) in [6.45, 7) is 5.54. The van der Waals surface area contributed by atoms with Gasteiger partial charge in [0.1, 0.15) is 12.2 Å². The molecule has 1 aromatic rings. The highest BCUT2D eigenvalue weighted by Gasteiger charge is 2.35. The first-order chi connectivity index (χ1) is 9.02. The molecule has 4 heteroatoms. The van der Waals surface area contributed by atoms with Crippen LogP contribution in [0.15, 0.2) is 30.8 Å². The van der Waals surface area contributed by atoms with Crippen molar-refractivity contribution in [1.29, 1.82) is 0 Å². The molecule has 1 saturated heterocycles. The molecule has 1 aromatic carbocycles. The summed E-state index contributed by atoms with van der Waals surface area (Å²) in [4.78, 5) is 23.0. The molecule has 0 radical (unpaired) electrons. The first kappa shape index (κ1) is 13.3. The van der Waals surface area contributed by atoms with Gasteiger partial charge in [-0.2, -0.15) is 0 Å². The Morgan fingerprint density at radius 1 is 1.42 bits per heavy atom. The molecule has 1 aliphatic heterocycles. The van der Waals surface area contributed by atoms with Crippen LogP contribution in [0.25, 0.3) is 6.08 Å². The van der Waals surface area contributed by atoms with Crippen molar-refractivity contribution in [2.24, 2.45) is 0 Å². The first-order valence-corrected chi connectivity index (χ1v) is 6.14. The van der Waals surface area contributed by atoms with E-state index >= 15 is 0 Å². The third kappa shape index (κ3) is 3.22. The van der Waals surface area contributed by atoms with Crippen LogP contribution in [0.3, 0.4) is 0 Å². The van der Waals surface area contributed by atoms with Gasteiger partial charge in [0.25, 0.3) is 0 Å². The van der Waals surface area contributed by atoms with Gasteiger partial charge in [0, 0.05) is 12.8 Å². The second kappa shape index (κ2) is 5.26. The van der Waals surface area contributed by atoms with Crippen molar-refractivity contribution in [1.82, 2.24) is 0 Å². The summed E-state index contributed by atoms with van der Waals surface area (Å²) >= 11 is 0. The summed E-state index contributed by atoms with van der Waals surface area (Å²) in [5.41, 5.74) is 0.681. The fraction of sp³-hybridized carbons (Fsp3) is 0.333. The molecule has 2 rings (SSSR count). The van der Waals surface area contributed by atoms with E-state index in [-0.39, 0.29) is 19.0 Å². The zero-order valence-electron chi connectivity index (χ0n) is 10.8. The van der Waals surface area contributed by atoms with Gasteiger partial charge in [-0.25, -0.2) is 4.79 Å². The number of rotatable bonds is 3. The first-order valence-electron chi connectivity index (χ1n) is 6.14. The largest absolute Gasteiger partial charge is 0.461 e. The summed E-state index contributed by atoms with van der Waals surface area (Å²) in [7, 11) is 0. The lowest BCUT2D eigenvalue weighted by atomic mass is 9.98. The van der Waals surface area contributed by atoms with Gasteiger partial charge < -0.3 is 9.47 Å². The second-order valence-corrected chi connectivity index (χ2v) is 4.83. The SMILES string of the molecule is C=Cc1ccc(C(=O)OC2(C)CCC(=O)OC2)cc1. The van der Waals surface area contributed by atoms with Gasteiger partial charge >= 0.3 is 11.9 Å². The number of esters is 2. The molecule has 0 bridgehead atoms. The minimum absolute atomic E-state index is 0.113. The van der Waals surface area contributed by atoms with Crippen molar-refractivity contribution in [2.45, 2.75) is 25.4 Å². The van der Waals surface area contributed by atoms with Gasteiger partial charge in [-0.3, -0.25) is 4.79 Å². The third-order valence-electron chi connectivity index (χ3n) is 3.12. The quantitative estimate of drug-likeness (QED) is 0.784. The van der Waals surface area contributed by atoms with Crippen LogP contribution in [0.2, 0.25) is 0 Å². The van der Waals surface area contributed by atoms with Crippen LogP contribution >= 0.6 is 0 Å². The minimum Gasteiger partial charge on any atom is -0.461 e. The highest BCUT2D eigenvalue weighted by Crippen LogP contribution is 2.25. The Labute approximate surface area is 112 Å². The number of ether oxygens (including phenoxy) is 2. The van der Waals surface area contributed by atoms with Crippen LogP contribution in [0.4, 0.5) is 0 Å². The van der Waals surface area contributed by atoms with E-state index in [1.165, 1.54) is 0 Å². The van der Waals surface area contributed by atoms with E-state index < -0.39 is 11.6 Å². The van der Waals surface area contributed by atoms with Crippen LogP contribution in [-0.2, 0) is 14.3 Å². The lowest BCUT2D eigenvalue weighted by Crippen LogP contribution is -2.41. The zero-order valence-corrected chi connectivity index (χ0v) is 10.8. The molecule has 0 aromatic heterocycles. The van der Waals surface area contributed by atoms with Crippen molar-refractivity contribution >= 4 is 18.0 Å². The fourth-order valence-corrected chi connectivity index (χ4v) is 1.86. The van der Waals surface area contributed by atoms with Crippen LogP contribution < -0.4 is 0 Å². The molecule has 19 heavy (non-hydrogen) atoms. The molecular weight excluding hydrogens is 244 g/mol. The lowest BCUT2D eigenvalue weighted by molar-refractivity contribution is -0.161. The fourth-order valence-electron chi connectivity index (χ4n) is 1.86. The Morgan fingerprint density at radius 2 is 2.11 bits per heavy atom. The molecule has 0 amide bonds. The van der Waals surface area contributed by atoms with E-state index in [0.29, 0.717) is 12.0 Å². The van der Waals surface area contributed by atoms with Crippen LogP contribution in [0, 0.1) is 0 Å². The van der Waals surface area contributed by atoms with Gasteiger partial charge in [-0.1, -0.05) is 24.8 Å². The van der Waals surface area contributed by atoms with Gasteiger partial charge in [0.05, 0.1) is 5.56 Å². The van der Waals surface area contributed by atoms with Crippen molar-refractivity contribution < 1.29 is 19.1 Å². The molecule has 100 valence electrons. The molecule has 0 aliphatic carbocycles.